The molecule has 2 aliphatic rings. The first-order valence-corrected chi connectivity index (χ1v) is 10.4. The minimum Gasteiger partial charge on any atom is -0.490 e. The Bertz CT molecular complexity index is 617. The first-order valence-electron chi connectivity index (χ1n) is 10.4. The van der Waals surface area contributed by atoms with Gasteiger partial charge in [-0.15, -0.1) is 0 Å². The van der Waals surface area contributed by atoms with Gasteiger partial charge >= 0.3 is 0 Å². The third-order valence-corrected chi connectivity index (χ3v) is 6.22. The van der Waals surface area contributed by atoms with Crippen molar-refractivity contribution < 1.29 is 13.5 Å². The number of ether oxygens (including phenoxy) is 1. The monoisotopic (exact) mass is 362 g/mol. The lowest BCUT2D eigenvalue weighted by Crippen LogP contribution is -2.20. The maximum atomic E-state index is 14.6. The summed E-state index contributed by atoms with van der Waals surface area (Å²) in [5.74, 6) is 0.310. The number of hydrogen-bond acceptors (Lipinski definition) is 1. The van der Waals surface area contributed by atoms with Gasteiger partial charge in [0.25, 0.3) is 0 Å². The van der Waals surface area contributed by atoms with Crippen molar-refractivity contribution in [2.75, 3.05) is 6.61 Å². The zero-order valence-corrected chi connectivity index (χ0v) is 16.1. The first kappa shape index (κ1) is 19.4. The van der Waals surface area contributed by atoms with Crippen LogP contribution in [-0.2, 0) is 0 Å². The SMILES string of the molecule is CCCC1CCC(COc2ccc(C3C=CC(C)CC3)c(F)c2F)CC1. The van der Waals surface area contributed by atoms with Crippen LogP contribution in [0.1, 0.15) is 76.7 Å². The van der Waals surface area contributed by atoms with Gasteiger partial charge in [0.1, 0.15) is 0 Å². The number of halogens is 2. The van der Waals surface area contributed by atoms with Crippen LogP contribution in [0.5, 0.6) is 5.75 Å². The van der Waals surface area contributed by atoms with Crippen molar-refractivity contribution in [3.8, 4) is 5.75 Å². The van der Waals surface area contributed by atoms with Crippen molar-refractivity contribution in [3.63, 3.8) is 0 Å². The average molecular weight is 363 g/mol. The Morgan fingerprint density at radius 2 is 1.65 bits per heavy atom. The average Bonchev–Trinajstić information content (AvgIpc) is 2.65. The van der Waals surface area contributed by atoms with E-state index in [4.69, 9.17) is 4.74 Å². The highest BCUT2D eigenvalue weighted by Gasteiger charge is 2.24. The van der Waals surface area contributed by atoms with Crippen LogP contribution in [0.3, 0.4) is 0 Å². The third-order valence-electron chi connectivity index (χ3n) is 6.22. The molecule has 1 aromatic rings. The summed E-state index contributed by atoms with van der Waals surface area (Å²) in [6, 6.07) is 3.32. The van der Waals surface area contributed by atoms with Gasteiger partial charge in [-0.2, -0.15) is 4.39 Å². The van der Waals surface area contributed by atoms with E-state index in [1.807, 2.05) is 6.08 Å². The van der Waals surface area contributed by atoms with Crippen LogP contribution in [-0.4, -0.2) is 6.61 Å². The molecule has 0 spiro atoms. The van der Waals surface area contributed by atoms with E-state index in [1.54, 1.807) is 12.1 Å². The molecule has 2 unspecified atom stereocenters. The Labute approximate surface area is 156 Å². The van der Waals surface area contributed by atoms with Crippen LogP contribution in [0.25, 0.3) is 0 Å². The maximum absolute atomic E-state index is 14.6. The fraction of sp³-hybridized carbons (Fsp3) is 0.652. The molecular weight excluding hydrogens is 330 g/mol. The molecule has 0 aliphatic heterocycles. The molecule has 1 aromatic carbocycles. The summed E-state index contributed by atoms with van der Waals surface area (Å²) in [7, 11) is 0. The molecule has 0 N–H and O–H groups in total. The van der Waals surface area contributed by atoms with Crippen LogP contribution in [0.2, 0.25) is 0 Å². The summed E-state index contributed by atoms with van der Waals surface area (Å²) < 4.78 is 34.7. The van der Waals surface area contributed by atoms with Gasteiger partial charge in [-0.3, -0.25) is 0 Å². The van der Waals surface area contributed by atoms with Gasteiger partial charge in [-0.05, 0) is 55.1 Å². The van der Waals surface area contributed by atoms with Gasteiger partial charge in [-0.25, -0.2) is 4.39 Å². The fourth-order valence-electron chi connectivity index (χ4n) is 4.47. The zero-order chi connectivity index (χ0) is 18.5. The lowest BCUT2D eigenvalue weighted by Gasteiger charge is -2.28. The van der Waals surface area contributed by atoms with Gasteiger partial charge in [0, 0.05) is 5.92 Å². The van der Waals surface area contributed by atoms with Gasteiger partial charge in [0.2, 0.25) is 5.82 Å². The number of benzene rings is 1. The summed E-state index contributed by atoms with van der Waals surface area (Å²) in [6.45, 7) is 4.88. The Morgan fingerprint density at radius 3 is 2.31 bits per heavy atom. The number of rotatable bonds is 6. The van der Waals surface area contributed by atoms with E-state index in [-0.39, 0.29) is 11.7 Å². The predicted octanol–water partition coefficient (Wildman–Crippen LogP) is 7.02. The lowest BCUT2D eigenvalue weighted by atomic mass is 9.80. The molecular formula is C23H32F2O. The van der Waals surface area contributed by atoms with E-state index in [0.717, 1.165) is 31.6 Å². The van der Waals surface area contributed by atoms with Crippen LogP contribution < -0.4 is 4.74 Å². The van der Waals surface area contributed by atoms with Crippen molar-refractivity contribution in [1.82, 2.24) is 0 Å². The largest absolute Gasteiger partial charge is 0.490 e. The highest BCUT2D eigenvalue weighted by atomic mass is 19.2. The molecule has 0 saturated heterocycles. The normalized spacial score (nSPS) is 28.9. The second-order valence-corrected chi connectivity index (χ2v) is 8.31. The molecule has 0 radical (unpaired) electrons. The minimum absolute atomic E-state index is 0.0245. The highest BCUT2D eigenvalue weighted by molar-refractivity contribution is 5.35. The van der Waals surface area contributed by atoms with E-state index in [1.165, 1.54) is 25.7 Å². The number of hydrogen-bond donors (Lipinski definition) is 0. The number of allylic oxidation sites excluding steroid dienone is 2. The summed E-state index contributed by atoms with van der Waals surface area (Å²) in [5.41, 5.74) is 0.457. The molecule has 0 heterocycles. The summed E-state index contributed by atoms with van der Waals surface area (Å²) in [6.07, 6.45) is 13.3. The molecule has 1 fully saturated rings. The Hall–Kier alpha value is -1.38. The standard InChI is InChI=1S/C23H32F2O/c1-3-4-17-7-9-18(10-8-17)15-26-21-14-13-20(22(24)23(21)25)19-11-5-16(2)6-12-19/h5,11,13-14,16-19H,3-4,6-10,12,15H2,1-2H3. The Kier molecular flexibility index (Phi) is 6.72. The van der Waals surface area contributed by atoms with Crippen molar-refractivity contribution in [2.24, 2.45) is 17.8 Å². The molecule has 1 saturated carbocycles. The van der Waals surface area contributed by atoms with Gasteiger partial charge in [0.15, 0.2) is 11.6 Å². The van der Waals surface area contributed by atoms with Gasteiger partial charge in [-0.1, -0.05) is 57.7 Å². The zero-order valence-electron chi connectivity index (χ0n) is 16.1. The quantitative estimate of drug-likeness (QED) is 0.494. The summed E-state index contributed by atoms with van der Waals surface area (Å²) in [5, 5.41) is 0. The van der Waals surface area contributed by atoms with Crippen molar-refractivity contribution in [1.29, 1.82) is 0 Å². The maximum Gasteiger partial charge on any atom is 0.200 e. The second kappa shape index (κ2) is 9.01. The lowest BCUT2D eigenvalue weighted by molar-refractivity contribution is 0.173. The van der Waals surface area contributed by atoms with Crippen molar-refractivity contribution >= 4 is 0 Å². The summed E-state index contributed by atoms with van der Waals surface area (Å²) in [4.78, 5) is 0. The van der Waals surface area contributed by atoms with Crippen molar-refractivity contribution in [3.05, 3.63) is 41.5 Å². The molecule has 0 aromatic heterocycles. The predicted molar refractivity (Wildman–Crippen MR) is 102 cm³/mol. The van der Waals surface area contributed by atoms with Gasteiger partial charge in [0.05, 0.1) is 6.61 Å². The topological polar surface area (TPSA) is 9.23 Å². The van der Waals surface area contributed by atoms with E-state index in [2.05, 4.69) is 19.9 Å². The summed E-state index contributed by atoms with van der Waals surface area (Å²) >= 11 is 0. The van der Waals surface area contributed by atoms with Crippen LogP contribution in [0.15, 0.2) is 24.3 Å². The van der Waals surface area contributed by atoms with Crippen molar-refractivity contribution in [2.45, 2.75) is 71.1 Å². The Morgan fingerprint density at radius 1 is 0.923 bits per heavy atom. The molecule has 2 aliphatic carbocycles. The minimum atomic E-state index is -0.825. The van der Waals surface area contributed by atoms with E-state index < -0.39 is 11.6 Å². The molecule has 3 heteroatoms. The van der Waals surface area contributed by atoms with E-state index in [0.29, 0.717) is 24.0 Å². The molecule has 0 bridgehead atoms. The Balaban J connectivity index is 1.58. The first-order chi connectivity index (χ1) is 12.6. The molecule has 1 nitrogen and oxygen atoms in total. The van der Waals surface area contributed by atoms with Crippen LogP contribution >= 0.6 is 0 Å². The second-order valence-electron chi connectivity index (χ2n) is 8.31. The molecule has 2 atom stereocenters. The van der Waals surface area contributed by atoms with E-state index >= 15 is 0 Å². The van der Waals surface area contributed by atoms with Gasteiger partial charge < -0.3 is 4.74 Å². The van der Waals surface area contributed by atoms with Crippen LogP contribution in [0, 0.1) is 29.4 Å². The highest BCUT2D eigenvalue weighted by Crippen LogP contribution is 2.36. The van der Waals surface area contributed by atoms with Crippen LogP contribution in [0.4, 0.5) is 8.78 Å². The molecule has 0 amide bonds. The molecule has 3 rings (SSSR count). The van der Waals surface area contributed by atoms with E-state index in [9.17, 15) is 8.78 Å². The smallest absolute Gasteiger partial charge is 0.200 e. The molecule has 26 heavy (non-hydrogen) atoms. The fourth-order valence-corrected chi connectivity index (χ4v) is 4.47. The molecule has 144 valence electrons. The third kappa shape index (κ3) is 4.66.